The van der Waals surface area contributed by atoms with Gasteiger partial charge in [-0.1, -0.05) is 24.6 Å². The Bertz CT molecular complexity index is 496. The number of hydrogen-bond donors (Lipinski definition) is 1. The number of nitrogens with zero attached hydrogens (tertiary/aromatic N) is 2. The molecule has 0 amide bonds. The van der Waals surface area contributed by atoms with Gasteiger partial charge in [0, 0.05) is 18.2 Å². The summed E-state index contributed by atoms with van der Waals surface area (Å²) in [6.45, 7) is 2.40. The Hall–Kier alpha value is -2.04. The lowest BCUT2D eigenvalue weighted by Crippen LogP contribution is -1.97. The SMILES string of the molecule is CCCCc1noc(COc2cccc(N)c2)n1. The highest BCUT2D eigenvalue weighted by Crippen LogP contribution is 2.15. The number of benzene rings is 1. The van der Waals surface area contributed by atoms with E-state index in [1.54, 1.807) is 6.07 Å². The van der Waals surface area contributed by atoms with Gasteiger partial charge in [-0.25, -0.2) is 0 Å². The molecule has 0 unspecified atom stereocenters. The van der Waals surface area contributed by atoms with Crippen molar-refractivity contribution < 1.29 is 9.26 Å². The fourth-order valence-electron chi connectivity index (χ4n) is 1.53. The van der Waals surface area contributed by atoms with Gasteiger partial charge in [0.15, 0.2) is 12.4 Å². The molecule has 0 bridgehead atoms. The maximum Gasteiger partial charge on any atom is 0.264 e. The lowest BCUT2D eigenvalue weighted by molar-refractivity contribution is 0.242. The Balaban J connectivity index is 1.88. The molecule has 2 rings (SSSR count). The summed E-state index contributed by atoms with van der Waals surface area (Å²) in [5, 5.41) is 3.89. The van der Waals surface area contributed by atoms with Crippen LogP contribution in [0.15, 0.2) is 28.8 Å². The van der Waals surface area contributed by atoms with Crippen molar-refractivity contribution in [3.63, 3.8) is 0 Å². The molecule has 0 aliphatic heterocycles. The van der Waals surface area contributed by atoms with Gasteiger partial charge in [0.05, 0.1) is 0 Å². The zero-order valence-electron chi connectivity index (χ0n) is 10.4. The van der Waals surface area contributed by atoms with E-state index < -0.39 is 0 Å². The first kappa shape index (κ1) is 12.4. The van der Waals surface area contributed by atoms with Crippen LogP contribution in [0.1, 0.15) is 31.5 Å². The van der Waals surface area contributed by atoms with Gasteiger partial charge in [-0.3, -0.25) is 0 Å². The number of unbranched alkanes of at least 4 members (excludes halogenated alkanes) is 1. The number of nitrogen functional groups attached to an aromatic ring is 1. The van der Waals surface area contributed by atoms with Gasteiger partial charge in [0.25, 0.3) is 5.89 Å². The first-order chi connectivity index (χ1) is 8.78. The highest BCUT2D eigenvalue weighted by atomic mass is 16.5. The van der Waals surface area contributed by atoms with Crippen molar-refractivity contribution in [3.05, 3.63) is 36.0 Å². The first-order valence-corrected chi connectivity index (χ1v) is 6.07. The number of aryl methyl sites for hydroxylation is 1. The predicted octanol–water partition coefficient (Wildman–Crippen LogP) is 2.57. The van der Waals surface area contributed by atoms with Crippen LogP contribution >= 0.6 is 0 Å². The van der Waals surface area contributed by atoms with E-state index in [9.17, 15) is 0 Å². The van der Waals surface area contributed by atoms with Crippen molar-refractivity contribution in [2.45, 2.75) is 32.8 Å². The number of anilines is 1. The third-order valence-corrected chi connectivity index (χ3v) is 2.48. The molecule has 0 atom stereocenters. The fraction of sp³-hybridized carbons (Fsp3) is 0.385. The van der Waals surface area contributed by atoms with Gasteiger partial charge in [0.2, 0.25) is 0 Å². The molecule has 0 radical (unpaired) electrons. The van der Waals surface area contributed by atoms with E-state index in [-0.39, 0.29) is 6.61 Å². The molecule has 0 aliphatic rings. The summed E-state index contributed by atoms with van der Waals surface area (Å²) in [6, 6.07) is 7.24. The fourth-order valence-corrected chi connectivity index (χ4v) is 1.53. The zero-order chi connectivity index (χ0) is 12.8. The second kappa shape index (κ2) is 6.05. The summed E-state index contributed by atoms with van der Waals surface area (Å²) in [7, 11) is 0. The zero-order valence-corrected chi connectivity index (χ0v) is 10.4. The number of hydrogen-bond acceptors (Lipinski definition) is 5. The quantitative estimate of drug-likeness (QED) is 0.794. The van der Waals surface area contributed by atoms with Crippen molar-refractivity contribution in [3.8, 4) is 5.75 Å². The molecule has 1 heterocycles. The highest BCUT2D eigenvalue weighted by Gasteiger charge is 2.06. The summed E-state index contributed by atoms with van der Waals surface area (Å²) >= 11 is 0. The van der Waals surface area contributed by atoms with E-state index in [0.29, 0.717) is 17.3 Å². The summed E-state index contributed by atoms with van der Waals surface area (Å²) in [6.07, 6.45) is 3.02. The Labute approximate surface area is 106 Å². The van der Waals surface area contributed by atoms with Gasteiger partial charge in [-0.05, 0) is 18.6 Å². The molecule has 0 spiro atoms. The molecule has 1 aromatic carbocycles. The largest absolute Gasteiger partial charge is 0.484 e. The number of ether oxygens (including phenoxy) is 1. The molecule has 5 nitrogen and oxygen atoms in total. The molecular weight excluding hydrogens is 230 g/mol. The van der Waals surface area contributed by atoms with Gasteiger partial charge < -0.3 is 15.0 Å². The molecule has 2 aromatic rings. The lowest BCUT2D eigenvalue weighted by Gasteiger charge is -2.03. The summed E-state index contributed by atoms with van der Waals surface area (Å²) in [4.78, 5) is 4.25. The minimum Gasteiger partial charge on any atom is -0.484 e. The molecule has 0 saturated carbocycles. The van der Waals surface area contributed by atoms with Gasteiger partial charge in [-0.2, -0.15) is 4.98 Å². The minimum atomic E-state index is 0.266. The van der Waals surface area contributed by atoms with Gasteiger partial charge in [0.1, 0.15) is 5.75 Å². The summed E-state index contributed by atoms with van der Waals surface area (Å²) in [5.41, 5.74) is 6.32. The second-order valence-corrected chi connectivity index (χ2v) is 4.07. The molecular formula is C13H17N3O2. The predicted molar refractivity (Wildman–Crippen MR) is 68.1 cm³/mol. The summed E-state index contributed by atoms with van der Waals surface area (Å²) in [5.74, 6) is 1.93. The van der Waals surface area contributed by atoms with Crippen LogP contribution in [-0.4, -0.2) is 10.1 Å². The highest BCUT2D eigenvalue weighted by molar-refractivity contribution is 5.43. The monoisotopic (exact) mass is 247 g/mol. The maximum atomic E-state index is 5.66. The summed E-state index contributed by atoms with van der Waals surface area (Å²) < 4.78 is 10.6. The molecule has 5 heteroatoms. The van der Waals surface area contributed by atoms with Crippen molar-refractivity contribution >= 4 is 5.69 Å². The smallest absolute Gasteiger partial charge is 0.264 e. The number of aromatic nitrogens is 2. The Kier molecular flexibility index (Phi) is 4.17. The number of nitrogens with two attached hydrogens (primary N) is 1. The van der Waals surface area contributed by atoms with Crippen molar-refractivity contribution in [1.82, 2.24) is 10.1 Å². The van der Waals surface area contributed by atoms with Crippen molar-refractivity contribution in [2.24, 2.45) is 0 Å². The average molecular weight is 247 g/mol. The van der Waals surface area contributed by atoms with Crippen LogP contribution < -0.4 is 10.5 Å². The Morgan fingerprint density at radius 3 is 3.06 bits per heavy atom. The van der Waals surface area contributed by atoms with Crippen LogP contribution in [0.25, 0.3) is 0 Å². The number of rotatable bonds is 6. The standard InChI is InChI=1S/C13H17N3O2/c1-2-3-7-12-15-13(18-16-12)9-17-11-6-4-5-10(14)8-11/h4-6,8H,2-3,7,9,14H2,1H3. The van der Waals surface area contributed by atoms with Crippen LogP contribution in [0.4, 0.5) is 5.69 Å². The van der Waals surface area contributed by atoms with Crippen LogP contribution in [0.3, 0.4) is 0 Å². The van der Waals surface area contributed by atoms with E-state index in [1.165, 1.54) is 0 Å². The maximum absolute atomic E-state index is 5.66. The average Bonchev–Trinajstić information content (AvgIpc) is 2.82. The van der Waals surface area contributed by atoms with E-state index >= 15 is 0 Å². The molecule has 0 fully saturated rings. The van der Waals surface area contributed by atoms with Crippen LogP contribution in [0.2, 0.25) is 0 Å². The Morgan fingerprint density at radius 2 is 2.28 bits per heavy atom. The third kappa shape index (κ3) is 3.48. The third-order valence-electron chi connectivity index (χ3n) is 2.48. The second-order valence-electron chi connectivity index (χ2n) is 4.07. The molecule has 96 valence electrons. The van der Waals surface area contributed by atoms with Crippen molar-refractivity contribution in [1.29, 1.82) is 0 Å². The van der Waals surface area contributed by atoms with Crippen molar-refractivity contribution in [2.75, 3.05) is 5.73 Å². The molecule has 0 aliphatic carbocycles. The normalized spacial score (nSPS) is 10.5. The van der Waals surface area contributed by atoms with Crippen LogP contribution in [-0.2, 0) is 13.0 Å². The minimum absolute atomic E-state index is 0.266. The molecule has 1 aromatic heterocycles. The van der Waals surface area contributed by atoms with Gasteiger partial charge in [-0.15, -0.1) is 0 Å². The van der Waals surface area contributed by atoms with E-state index in [2.05, 4.69) is 17.1 Å². The first-order valence-electron chi connectivity index (χ1n) is 6.07. The molecule has 2 N–H and O–H groups in total. The van der Waals surface area contributed by atoms with E-state index in [1.807, 2.05) is 18.2 Å². The molecule has 0 saturated heterocycles. The van der Waals surface area contributed by atoms with Crippen LogP contribution in [0.5, 0.6) is 5.75 Å². The van der Waals surface area contributed by atoms with E-state index in [4.69, 9.17) is 15.0 Å². The lowest BCUT2D eigenvalue weighted by atomic mass is 10.2. The Morgan fingerprint density at radius 1 is 1.39 bits per heavy atom. The topological polar surface area (TPSA) is 74.2 Å². The molecule has 18 heavy (non-hydrogen) atoms. The van der Waals surface area contributed by atoms with Crippen LogP contribution in [0, 0.1) is 0 Å². The van der Waals surface area contributed by atoms with Gasteiger partial charge >= 0.3 is 0 Å². The van der Waals surface area contributed by atoms with E-state index in [0.717, 1.165) is 25.1 Å².